The molecule has 0 aliphatic rings. The summed E-state index contributed by atoms with van der Waals surface area (Å²) >= 11 is 0. The zero-order chi connectivity index (χ0) is 22.1. The van der Waals surface area contributed by atoms with Crippen LogP contribution in [0.25, 0.3) is 0 Å². The number of hydrogen-bond acceptors (Lipinski definition) is 4. The minimum atomic E-state index is -0.881. The molecule has 0 aromatic rings. The molecule has 0 radical (unpaired) electrons. The molecule has 0 fully saturated rings. The molecule has 2 unspecified atom stereocenters. The lowest BCUT2D eigenvalue weighted by molar-refractivity contribution is -0.188. The number of ether oxygens (including phenoxy) is 2. The number of rotatable bonds is 13. The molecular weight excluding hydrogens is 352 g/mol. The summed E-state index contributed by atoms with van der Waals surface area (Å²) in [6.07, 6.45) is 2.41. The normalized spacial score (nSPS) is 16.4. The molecule has 0 heterocycles. The van der Waals surface area contributed by atoms with Gasteiger partial charge in [-0.25, -0.2) is 0 Å². The molecule has 0 amide bonds. The molecule has 166 valence electrons. The Morgan fingerprint density at radius 2 is 1.04 bits per heavy atom. The summed E-state index contributed by atoms with van der Waals surface area (Å²) in [5.41, 5.74) is -1.76. The molecule has 0 aliphatic carbocycles. The van der Waals surface area contributed by atoms with E-state index in [1.807, 2.05) is 27.7 Å². The molecule has 4 nitrogen and oxygen atoms in total. The minimum Gasteiger partial charge on any atom is -0.466 e. The van der Waals surface area contributed by atoms with E-state index in [1.54, 1.807) is 0 Å². The molecule has 2 atom stereocenters. The highest BCUT2D eigenvalue weighted by Gasteiger charge is 2.61. The molecule has 0 rings (SSSR count). The maximum absolute atomic E-state index is 13.5. The second kappa shape index (κ2) is 11.8. The van der Waals surface area contributed by atoms with Crippen LogP contribution in [0, 0.1) is 34.5 Å². The Morgan fingerprint density at radius 1 is 0.679 bits per heavy atom. The summed E-state index contributed by atoms with van der Waals surface area (Å²) in [5, 5.41) is 0. The SMILES string of the molecule is CCOC(=O)C(CC)(CC(C)C)C(CC)(CC(C(C)C)C(C)C)C(=O)OCC. The lowest BCUT2D eigenvalue weighted by Gasteiger charge is -2.49. The lowest BCUT2D eigenvalue weighted by atomic mass is 9.53. The number of esters is 2. The third kappa shape index (κ3) is 5.73. The summed E-state index contributed by atoms with van der Waals surface area (Å²) < 4.78 is 11.2. The van der Waals surface area contributed by atoms with Crippen molar-refractivity contribution < 1.29 is 19.1 Å². The fourth-order valence-corrected chi connectivity index (χ4v) is 5.08. The smallest absolute Gasteiger partial charge is 0.313 e. The van der Waals surface area contributed by atoms with Gasteiger partial charge in [0.15, 0.2) is 0 Å². The molecule has 0 saturated heterocycles. The molecule has 0 N–H and O–H groups in total. The molecule has 0 aromatic heterocycles. The van der Waals surface area contributed by atoms with E-state index < -0.39 is 10.8 Å². The Hall–Kier alpha value is -1.06. The van der Waals surface area contributed by atoms with E-state index in [1.165, 1.54) is 0 Å². The number of carbonyl (C=O) groups is 2. The average molecular weight is 399 g/mol. The highest BCUT2D eigenvalue weighted by molar-refractivity contribution is 5.88. The zero-order valence-electron chi connectivity index (χ0n) is 20.2. The van der Waals surface area contributed by atoms with Gasteiger partial charge in [-0.1, -0.05) is 55.4 Å². The predicted octanol–water partition coefficient (Wildman–Crippen LogP) is 6.27. The summed E-state index contributed by atoms with van der Waals surface area (Å²) in [6.45, 7) is 21.4. The van der Waals surface area contributed by atoms with Crippen molar-refractivity contribution in [1.29, 1.82) is 0 Å². The van der Waals surface area contributed by atoms with E-state index in [2.05, 4.69) is 41.5 Å². The van der Waals surface area contributed by atoms with E-state index in [0.29, 0.717) is 56.7 Å². The van der Waals surface area contributed by atoms with E-state index >= 15 is 0 Å². The van der Waals surface area contributed by atoms with Gasteiger partial charge in [0.2, 0.25) is 0 Å². The Balaban J connectivity index is 6.75. The van der Waals surface area contributed by atoms with E-state index in [0.717, 1.165) is 0 Å². The molecule has 0 spiro atoms. The highest BCUT2D eigenvalue weighted by atomic mass is 16.5. The van der Waals surface area contributed by atoms with Crippen LogP contribution in [0.5, 0.6) is 0 Å². The van der Waals surface area contributed by atoms with Crippen molar-refractivity contribution in [2.24, 2.45) is 34.5 Å². The van der Waals surface area contributed by atoms with Crippen LogP contribution in [0.4, 0.5) is 0 Å². The lowest BCUT2D eigenvalue weighted by Crippen LogP contribution is -2.55. The first-order chi connectivity index (χ1) is 13.0. The third-order valence-corrected chi connectivity index (χ3v) is 6.51. The third-order valence-electron chi connectivity index (χ3n) is 6.51. The first kappa shape index (κ1) is 26.9. The van der Waals surface area contributed by atoms with Crippen molar-refractivity contribution in [3.63, 3.8) is 0 Å². The standard InChI is InChI=1S/C24H46O4/c1-11-23(15-17(5)6,21(25)27-13-3)24(12-2,22(26)28-14-4)16-20(18(7)8)19(9)10/h17-20H,11-16H2,1-10H3. The molecule has 0 saturated carbocycles. The first-order valence-electron chi connectivity index (χ1n) is 11.3. The van der Waals surface area contributed by atoms with Crippen molar-refractivity contribution in [1.82, 2.24) is 0 Å². The van der Waals surface area contributed by atoms with Crippen LogP contribution >= 0.6 is 0 Å². The highest BCUT2D eigenvalue weighted by Crippen LogP contribution is 2.55. The number of carbonyl (C=O) groups excluding carboxylic acids is 2. The second-order valence-corrected chi connectivity index (χ2v) is 9.27. The second-order valence-electron chi connectivity index (χ2n) is 9.27. The monoisotopic (exact) mass is 398 g/mol. The van der Waals surface area contributed by atoms with Gasteiger partial charge in [0, 0.05) is 0 Å². The average Bonchev–Trinajstić information content (AvgIpc) is 2.60. The topological polar surface area (TPSA) is 52.6 Å². The van der Waals surface area contributed by atoms with Crippen LogP contribution in [0.2, 0.25) is 0 Å². The summed E-state index contributed by atoms with van der Waals surface area (Å²) in [7, 11) is 0. The molecule has 4 heteroatoms. The van der Waals surface area contributed by atoms with Gasteiger partial charge in [0.05, 0.1) is 24.0 Å². The molecule has 0 aromatic carbocycles. The van der Waals surface area contributed by atoms with Gasteiger partial charge in [-0.2, -0.15) is 0 Å². The van der Waals surface area contributed by atoms with Gasteiger partial charge < -0.3 is 9.47 Å². The maximum atomic E-state index is 13.5. The Kier molecular flexibility index (Phi) is 11.4. The van der Waals surface area contributed by atoms with E-state index in [-0.39, 0.29) is 17.9 Å². The van der Waals surface area contributed by atoms with Crippen molar-refractivity contribution >= 4 is 11.9 Å². The quantitative estimate of drug-likeness (QED) is 0.343. The predicted molar refractivity (Wildman–Crippen MR) is 116 cm³/mol. The van der Waals surface area contributed by atoms with Gasteiger partial charge in [0.1, 0.15) is 0 Å². The molecular formula is C24H46O4. The number of hydrogen-bond donors (Lipinski definition) is 0. The van der Waals surface area contributed by atoms with Crippen molar-refractivity contribution in [3.8, 4) is 0 Å². The van der Waals surface area contributed by atoms with Crippen LogP contribution in [-0.4, -0.2) is 25.2 Å². The van der Waals surface area contributed by atoms with Gasteiger partial charge in [-0.05, 0) is 63.2 Å². The summed E-state index contributed by atoms with van der Waals surface area (Å²) in [4.78, 5) is 27.0. The maximum Gasteiger partial charge on any atom is 0.313 e. The van der Waals surface area contributed by atoms with Crippen LogP contribution in [0.1, 0.15) is 94.9 Å². The molecule has 28 heavy (non-hydrogen) atoms. The fourth-order valence-electron chi connectivity index (χ4n) is 5.08. The van der Waals surface area contributed by atoms with Crippen LogP contribution in [-0.2, 0) is 19.1 Å². The van der Waals surface area contributed by atoms with Crippen LogP contribution in [0.15, 0.2) is 0 Å². The Bertz CT molecular complexity index is 475. The van der Waals surface area contributed by atoms with Crippen molar-refractivity contribution in [2.75, 3.05) is 13.2 Å². The zero-order valence-corrected chi connectivity index (χ0v) is 20.2. The van der Waals surface area contributed by atoms with E-state index in [9.17, 15) is 9.59 Å². The molecule has 0 bridgehead atoms. The van der Waals surface area contributed by atoms with Gasteiger partial charge in [0.25, 0.3) is 0 Å². The largest absolute Gasteiger partial charge is 0.466 e. The summed E-state index contributed by atoms with van der Waals surface area (Å²) in [6, 6.07) is 0. The molecule has 0 aliphatic heterocycles. The Labute approximate surface area is 174 Å². The van der Waals surface area contributed by atoms with Gasteiger partial charge >= 0.3 is 11.9 Å². The summed E-state index contributed by atoms with van der Waals surface area (Å²) in [5.74, 6) is 0.928. The van der Waals surface area contributed by atoms with Gasteiger partial charge in [-0.3, -0.25) is 9.59 Å². The fraction of sp³-hybridized carbons (Fsp3) is 0.917. The van der Waals surface area contributed by atoms with Crippen LogP contribution in [0.3, 0.4) is 0 Å². The van der Waals surface area contributed by atoms with Crippen molar-refractivity contribution in [2.45, 2.75) is 94.9 Å². The first-order valence-corrected chi connectivity index (χ1v) is 11.3. The van der Waals surface area contributed by atoms with Crippen molar-refractivity contribution in [3.05, 3.63) is 0 Å². The Morgan fingerprint density at radius 3 is 1.29 bits per heavy atom. The van der Waals surface area contributed by atoms with Crippen LogP contribution < -0.4 is 0 Å². The minimum absolute atomic E-state index is 0.237. The van der Waals surface area contributed by atoms with Gasteiger partial charge in [-0.15, -0.1) is 0 Å². The van der Waals surface area contributed by atoms with E-state index in [4.69, 9.17) is 9.47 Å².